The third-order valence-electron chi connectivity index (χ3n) is 2.99. The number of carboxylic acids is 1. The molecule has 0 radical (unpaired) electrons. The molecule has 0 saturated carbocycles. The van der Waals surface area contributed by atoms with E-state index in [9.17, 15) is 14.4 Å². The van der Waals surface area contributed by atoms with Crippen LogP contribution in [-0.2, 0) is 14.4 Å². The first-order valence-electron chi connectivity index (χ1n) is 6.44. The van der Waals surface area contributed by atoms with E-state index in [4.69, 9.17) is 9.84 Å². The number of nitrogens with one attached hydrogen (secondary N) is 2. The third-order valence-corrected chi connectivity index (χ3v) is 2.99. The van der Waals surface area contributed by atoms with Crippen molar-refractivity contribution in [2.24, 2.45) is 0 Å². The van der Waals surface area contributed by atoms with Gasteiger partial charge in [-0.05, 0) is 32.0 Å². The van der Waals surface area contributed by atoms with Gasteiger partial charge in [0, 0.05) is 12.1 Å². The number of carbonyl (C=O) groups excluding carboxylic acids is 2. The molecular weight excluding hydrogens is 276 g/mol. The van der Waals surface area contributed by atoms with Crippen LogP contribution in [0.4, 0.5) is 11.4 Å². The molecule has 0 unspecified atom stereocenters. The Morgan fingerprint density at radius 3 is 2.71 bits per heavy atom. The fourth-order valence-corrected chi connectivity index (χ4v) is 1.83. The lowest BCUT2D eigenvalue weighted by Crippen LogP contribution is -2.45. The Hall–Kier alpha value is -2.57. The molecule has 3 N–H and O–H groups in total. The van der Waals surface area contributed by atoms with Crippen LogP contribution < -0.4 is 15.4 Å². The monoisotopic (exact) mass is 292 g/mol. The van der Waals surface area contributed by atoms with Crippen molar-refractivity contribution in [2.45, 2.75) is 32.3 Å². The molecule has 1 aliphatic rings. The van der Waals surface area contributed by atoms with Crippen LogP contribution in [0.15, 0.2) is 18.2 Å². The van der Waals surface area contributed by atoms with E-state index in [2.05, 4.69) is 10.6 Å². The van der Waals surface area contributed by atoms with E-state index in [1.807, 2.05) is 0 Å². The zero-order valence-corrected chi connectivity index (χ0v) is 11.7. The fraction of sp³-hybridized carbons (Fsp3) is 0.357. The predicted molar refractivity (Wildman–Crippen MR) is 75.3 cm³/mol. The first-order chi connectivity index (χ1) is 9.78. The highest BCUT2D eigenvalue weighted by Gasteiger charge is 2.35. The average molecular weight is 292 g/mol. The number of hydrogen-bond donors (Lipinski definition) is 3. The summed E-state index contributed by atoms with van der Waals surface area (Å²) in [4.78, 5) is 33.8. The summed E-state index contributed by atoms with van der Waals surface area (Å²) >= 11 is 0. The van der Waals surface area contributed by atoms with Crippen LogP contribution in [0.3, 0.4) is 0 Å². The van der Waals surface area contributed by atoms with E-state index in [0.717, 1.165) is 0 Å². The van der Waals surface area contributed by atoms with E-state index in [1.165, 1.54) is 0 Å². The van der Waals surface area contributed by atoms with Gasteiger partial charge < -0.3 is 20.5 Å². The molecule has 1 aromatic rings. The number of anilines is 2. The van der Waals surface area contributed by atoms with Gasteiger partial charge in [-0.3, -0.25) is 14.4 Å². The number of benzene rings is 1. The van der Waals surface area contributed by atoms with Crippen molar-refractivity contribution >= 4 is 29.2 Å². The number of carboxylic acid groups (broad SMARTS) is 1. The molecule has 1 heterocycles. The van der Waals surface area contributed by atoms with Crippen LogP contribution >= 0.6 is 0 Å². The Morgan fingerprint density at radius 2 is 2.05 bits per heavy atom. The number of rotatable bonds is 4. The van der Waals surface area contributed by atoms with Crippen molar-refractivity contribution in [3.05, 3.63) is 18.2 Å². The summed E-state index contributed by atoms with van der Waals surface area (Å²) in [5.74, 6) is -1.19. The molecule has 2 rings (SSSR count). The summed E-state index contributed by atoms with van der Waals surface area (Å²) in [6, 6.07) is 4.84. The number of ether oxygens (including phenoxy) is 1. The Kier molecular flexibility index (Phi) is 3.84. The van der Waals surface area contributed by atoms with Crippen molar-refractivity contribution < 1.29 is 24.2 Å². The van der Waals surface area contributed by atoms with E-state index >= 15 is 0 Å². The largest absolute Gasteiger partial charge is 0.481 e. The molecule has 7 heteroatoms. The Morgan fingerprint density at radius 1 is 1.33 bits per heavy atom. The van der Waals surface area contributed by atoms with Gasteiger partial charge in [-0.2, -0.15) is 0 Å². The van der Waals surface area contributed by atoms with Crippen molar-refractivity contribution in [1.82, 2.24) is 0 Å². The molecule has 0 bridgehead atoms. The van der Waals surface area contributed by atoms with Gasteiger partial charge in [-0.25, -0.2) is 0 Å². The quantitative estimate of drug-likeness (QED) is 0.781. The predicted octanol–water partition coefficient (Wildman–Crippen LogP) is 1.60. The number of aliphatic carboxylic acids is 1. The van der Waals surface area contributed by atoms with Gasteiger partial charge in [0.1, 0.15) is 5.75 Å². The normalized spacial score (nSPS) is 15.4. The lowest BCUT2D eigenvalue weighted by molar-refractivity contribution is -0.138. The van der Waals surface area contributed by atoms with E-state index in [0.29, 0.717) is 17.1 Å². The maximum Gasteiger partial charge on any atom is 0.303 e. The van der Waals surface area contributed by atoms with Crippen LogP contribution in [0.25, 0.3) is 0 Å². The fourth-order valence-electron chi connectivity index (χ4n) is 1.83. The lowest BCUT2D eigenvalue weighted by Gasteiger charge is -2.31. The highest BCUT2D eigenvalue weighted by Crippen LogP contribution is 2.35. The van der Waals surface area contributed by atoms with Gasteiger partial charge in [0.2, 0.25) is 5.91 Å². The maximum atomic E-state index is 11.8. The van der Waals surface area contributed by atoms with Crippen molar-refractivity contribution in [3.8, 4) is 5.75 Å². The molecular formula is C14H16N2O5. The van der Waals surface area contributed by atoms with Crippen LogP contribution in [0.5, 0.6) is 5.75 Å². The van der Waals surface area contributed by atoms with E-state index in [1.54, 1.807) is 32.0 Å². The summed E-state index contributed by atoms with van der Waals surface area (Å²) in [7, 11) is 0. The Labute approximate surface area is 121 Å². The maximum absolute atomic E-state index is 11.8. The zero-order valence-electron chi connectivity index (χ0n) is 11.7. The average Bonchev–Trinajstić information content (AvgIpc) is 2.38. The molecule has 112 valence electrons. The molecule has 0 aromatic heterocycles. The number of fused-ring (bicyclic) bond motifs is 1. The summed E-state index contributed by atoms with van der Waals surface area (Å²) < 4.78 is 5.57. The first kappa shape index (κ1) is 14.8. The highest BCUT2D eigenvalue weighted by molar-refractivity contribution is 6.01. The van der Waals surface area contributed by atoms with Gasteiger partial charge in [0.25, 0.3) is 5.91 Å². The molecule has 0 fully saturated rings. The summed E-state index contributed by atoms with van der Waals surface area (Å²) in [6.07, 6.45) is -0.340. The van der Waals surface area contributed by atoms with Crippen molar-refractivity contribution in [1.29, 1.82) is 0 Å². The SMILES string of the molecule is CC1(C)Oc2ccc(NC(=O)CCC(=O)O)cc2NC1=O. The third kappa shape index (κ3) is 3.50. The number of hydrogen-bond acceptors (Lipinski definition) is 4. The topological polar surface area (TPSA) is 105 Å². The second kappa shape index (κ2) is 5.43. The van der Waals surface area contributed by atoms with Gasteiger partial charge in [0.15, 0.2) is 5.60 Å². The minimum Gasteiger partial charge on any atom is -0.481 e. The molecule has 21 heavy (non-hydrogen) atoms. The minimum absolute atomic E-state index is 0.109. The first-order valence-corrected chi connectivity index (χ1v) is 6.44. The van der Waals surface area contributed by atoms with Gasteiger partial charge in [-0.15, -0.1) is 0 Å². The van der Waals surface area contributed by atoms with Crippen molar-refractivity contribution in [2.75, 3.05) is 10.6 Å². The van der Waals surface area contributed by atoms with Crippen LogP contribution in [0.2, 0.25) is 0 Å². The molecule has 0 atom stereocenters. The van der Waals surface area contributed by atoms with Gasteiger partial charge in [-0.1, -0.05) is 0 Å². The Bertz CT molecular complexity index is 609. The van der Waals surface area contributed by atoms with Crippen LogP contribution in [0, 0.1) is 0 Å². The molecule has 1 aliphatic heterocycles. The van der Waals surface area contributed by atoms with E-state index < -0.39 is 17.5 Å². The molecule has 1 aromatic carbocycles. The Balaban J connectivity index is 2.08. The molecule has 0 saturated heterocycles. The minimum atomic E-state index is -1.03. The lowest BCUT2D eigenvalue weighted by atomic mass is 10.1. The zero-order chi connectivity index (χ0) is 15.6. The van der Waals surface area contributed by atoms with Gasteiger partial charge in [0.05, 0.1) is 12.1 Å². The van der Waals surface area contributed by atoms with E-state index in [-0.39, 0.29) is 18.7 Å². The number of carbonyl (C=O) groups is 3. The molecule has 0 aliphatic carbocycles. The highest BCUT2D eigenvalue weighted by atomic mass is 16.5. The second-order valence-corrected chi connectivity index (χ2v) is 5.22. The molecule has 2 amide bonds. The van der Waals surface area contributed by atoms with Gasteiger partial charge >= 0.3 is 5.97 Å². The smallest absolute Gasteiger partial charge is 0.303 e. The molecule has 0 spiro atoms. The second-order valence-electron chi connectivity index (χ2n) is 5.22. The van der Waals surface area contributed by atoms with Crippen LogP contribution in [0.1, 0.15) is 26.7 Å². The number of amides is 2. The van der Waals surface area contributed by atoms with Crippen molar-refractivity contribution in [3.63, 3.8) is 0 Å². The standard InChI is InChI=1S/C14H16N2O5/c1-14(2)13(20)16-9-7-8(3-4-10(9)21-14)15-11(17)5-6-12(18)19/h3-4,7H,5-6H2,1-2H3,(H,15,17)(H,16,20)(H,18,19). The molecule has 7 nitrogen and oxygen atoms in total. The van der Waals surface area contributed by atoms with Crippen LogP contribution in [-0.4, -0.2) is 28.5 Å². The summed E-state index contributed by atoms with van der Waals surface area (Å²) in [6.45, 7) is 3.32. The summed E-state index contributed by atoms with van der Waals surface area (Å²) in [5, 5.41) is 13.8. The summed E-state index contributed by atoms with van der Waals surface area (Å²) in [5.41, 5.74) is -0.0118.